The van der Waals surface area contributed by atoms with Gasteiger partial charge in [0.15, 0.2) is 5.82 Å². The van der Waals surface area contributed by atoms with E-state index < -0.39 is 80.4 Å². The maximum atomic E-state index is 15.8. The molecule has 4 rings (SSSR count). The lowest BCUT2D eigenvalue weighted by atomic mass is 9.92. The molecule has 1 fully saturated rings. The number of nitrogens with zero attached hydrogens (tertiary/aromatic N) is 2. The van der Waals surface area contributed by atoms with Gasteiger partial charge in [0.1, 0.15) is 5.15 Å². The predicted molar refractivity (Wildman–Crippen MR) is 142 cm³/mol. The molecule has 2 amide bonds. The van der Waals surface area contributed by atoms with E-state index in [4.69, 9.17) is 11.6 Å². The van der Waals surface area contributed by atoms with E-state index in [1.807, 2.05) is 0 Å². The lowest BCUT2D eigenvalue weighted by Crippen LogP contribution is -2.50. The molecule has 1 aliphatic rings. The number of pyridine rings is 1. The van der Waals surface area contributed by atoms with Crippen LogP contribution in [-0.2, 0) is 11.8 Å². The topological polar surface area (TPSA) is 62.3 Å². The Hall–Kier alpha value is -3.47. The minimum absolute atomic E-state index is 0.00889. The van der Waals surface area contributed by atoms with Gasteiger partial charge in [0.25, 0.3) is 11.8 Å². The Bertz CT molecular complexity index is 1630. The summed E-state index contributed by atoms with van der Waals surface area (Å²) in [5.74, 6) is -3.81. The summed E-state index contributed by atoms with van der Waals surface area (Å²) in [5.41, 5.74) is -13.8. The molecule has 1 heterocycles. The standard InChI is InChI=1S/C27H16BrClF11N3O2/c28-17-10-14(24(31,26(35,36)37)27(38,39)40)9-16(25(32,33)34)21(17)42-22(44)15-2-1-3-18(20(15)30)43(11-12-4-5-12)23(45)13-6-7-41-19(29)8-13/h1-3,6-10,12H,4-5,11H2,(H,42,44). The first-order chi connectivity index (χ1) is 20.7. The summed E-state index contributed by atoms with van der Waals surface area (Å²) in [4.78, 5) is 31.1. The quantitative estimate of drug-likeness (QED) is 0.194. The van der Waals surface area contributed by atoms with E-state index >= 15 is 4.39 Å². The molecule has 5 nitrogen and oxygen atoms in total. The number of aromatic nitrogens is 1. The monoisotopic (exact) mass is 737 g/mol. The molecule has 1 aliphatic carbocycles. The molecular formula is C27H16BrClF11N3O2. The maximum Gasteiger partial charge on any atom is 0.435 e. The molecule has 0 radical (unpaired) electrons. The number of hydrogen-bond acceptors (Lipinski definition) is 3. The van der Waals surface area contributed by atoms with Crippen molar-refractivity contribution in [1.82, 2.24) is 4.98 Å². The SMILES string of the molecule is O=C(Nc1c(Br)cc(C(F)(C(F)(F)F)C(F)(F)F)cc1C(F)(F)F)c1cccc(N(CC2CC2)C(=O)c2ccnc(Cl)c2)c1F. The summed E-state index contributed by atoms with van der Waals surface area (Å²) in [7, 11) is 0. The highest BCUT2D eigenvalue weighted by atomic mass is 79.9. The van der Waals surface area contributed by atoms with Crippen LogP contribution in [0.15, 0.2) is 53.1 Å². The van der Waals surface area contributed by atoms with Crippen molar-refractivity contribution in [3.8, 4) is 0 Å². The summed E-state index contributed by atoms with van der Waals surface area (Å²) in [6.45, 7) is -0.0185. The van der Waals surface area contributed by atoms with Gasteiger partial charge in [-0.3, -0.25) is 9.59 Å². The van der Waals surface area contributed by atoms with Crippen LogP contribution in [0.5, 0.6) is 0 Å². The van der Waals surface area contributed by atoms with E-state index in [1.165, 1.54) is 18.3 Å². The third kappa shape index (κ3) is 6.88. The molecule has 0 atom stereocenters. The molecule has 242 valence electrons. The minimum atomic E-state index is -6.73. The Balaban J connectivity index is 1.77. The largest absolute Gasteiger partial charge is 0.435 e. The molecule has 2 aromatic carbocycles. The van der Waals surface area contributed by atoms with Crippen molar-refractivity contribution in [2.24, 2.45) is 5.92 Å². The van der Waals surface area contributed by atoms with Crippen molar-refractivity contribution in [2.75, 3.05) is 16.8 Å². The van der Waals surface area contributed by atoms with Gasteiger partial charge in [-0.1, -0.05) is 17.7 Å². The van der Waals surface area contributed by atoms with E-state index in [0.29, 0.717) is 12.8 Å². The molecule has 0 bridgehead atoms. The van der Waals surface area contributed by atoms with E-state index in [-0.39, 0.29) is 29.2 Å². The lowest BCUT2D eigenvalue weighted by Gasteiger charge is -2.31. The average Bonchev–Trinajstić information content (AvgIpc) is 3.74. The maximum absolute atomic E-state index is 15.8. The number of alkyl halides is 10. The molecule has 45 heavy (non-hydrogen) atoms. The highest BCUT2D eigenvalue weighted by Gasteiger charge is 2.73. The molecule has 18 heteroatoms. The number of anilines is 2. The number of amides is 2. The Morgan fingerprint density at radius 2 is 1.58 bits per heavy atom. The zero-order valence-corrected chi connectivity index (χ0v) is 24.3. The highest BCUT2D eigenvalue weighted by molar-refractivity contribution is 9.10. The normalized spacial score (nSPS) is 14.3. The third-order valence-electron chi connectivity index (χ3n) is 6.68. The molecule has 3 aromatic rings. The van der Waals surface area contributed by atoms with E-state index in [9.17, 15) is 53.5 Å². The molecule has 1 aromatic heterocycles. The Morgan fingerprint density at radius 1 is 0.956 bits per heavy atom. The first kappa shape index (κ1) is 34.4. The Labute approximate surface area is 259 Å². The van der Waals surface area contributed by atoms with Gasteiger partial charge in [0.05, 0.1) is 22.5 Å². The van der Waals surface area contributed by atoms with Crippen LogP contribution in [0.4, 0.5) is 59.7 Å². The third-order valence-corrected chi connectivity index (χ3v) is 7.52. The molecule has 0 spiro atoms. The molecule has 1 N–H and O–H groups in total. The summed E-state index contributed by atoms with van der Waals surface area (Å²) >= 11 is 8.22. The second kappa shape index (κ2) is 12.0. The number of carbonyl (C=O) groups excluding carboxylic acids is 2. The van der Waals surface area contributed by atoms with Gasteiger partial charge < -0.3 is 10.2 Å². The fourth-order valence-electron chi connectivity index (χ4n) is 4.27. The van der Waals surface area contributed by atoms with E-state index in [2.05, 4.69) is 20.9 Å². The number of benzene rings is 2. The lowest BCUT2D eigenvalue weighted by molar-refractivity contribution is -0.348. The number of carbonyl (C=O) groups is 2. The second-order valence-electron chi connectivity index (χ2n) is 9.85. The van der Waals surface area contributed by atoms with Gasteiger partial charge in [-0.2, -0.15) is 39.5 Å². The Kier molecular flexibility index (Phi) is 9.20. The van der Waals surface area contributed by atoms with Crippen molar-refractivity contribution >= 4 is 50.7 Å². The number of nitrogens with one attached hydrogen (secondary N) is 1. The molecule has 0 aliphatic heterocycles. The first-order valence-corrected chi connectivity index (χ1v) is 13.6. The van der Waals surface area contributed by atoms with Crippen molar-refractivity contribution < 1.29 is 57.9 Å². The van der Waals surface area contributed by atoms with Crippen LogP contribution in [0.3, 0.4) is 0 Å². The predicted octanol–water partition coefficient (Wildman–Crippen LogP) is 9.25. The van der Waals surface area contributed by atoms with E-state index in [1.54, 1.807) is 5.32 Å². The minimum Gasteiger partial charge on any atom is -0.320 e. The van der Waals surface area contributed by atoms with Gasteiger partial charge in [-0.15, -0.1) is 0 Å². The zero-order valence-electron chi connectivity index (χ0n) is 21.9. The fraction of sp³-hybridized carbons (Fsp3) is 0.296. The zero-order chi connectivity index (χ0) is 33.7. The van der Waals surface area contributed by atoms with Gasteiger partial charge >= 0.3 is 24.2 Å². The molecule has 0 unspecified atom stereocenters. The number of rotatable bonds is 7. The van der Waals surface area contributed by atoms with Gasteiger partial charge in [-0.05, 0) is 71.1 Å². The van der Waals surface area contributed by atoms with Crippen LogP contribution in [0.1, 0.15) is 44.7 Å². The van der Waals surface area contributed by atoms with Crippen molar-refractivity contribution in [2.45, 2.75) is 37.0 Å². The van der Waals surface area contributed by atoms with Crippen LogP contribution < -0.4 is 10.2 Å². The van der Waals surface area contributed by atoms with Gasteiger partial charge in [0, 0.05) is 28.3 Å². The molecular weight excluding hydrogens is 723 g/mol. The molecule has 0 saturated heterocycles. The van der Waals surface area contributed by atoms with Gasteiger partial charge in [0.2, 0.25) is 0 Å². The summed E-state index contributed by atoms with van der Waals surface area (Å²) in [6, 6.07) is 4.52. The summed E-state index contributed by atoms with van der Waals surface area (Å²) in [5, 5.41) is 1.56. The van der Waals surface area contributed by atoms with Crippen LogP contribution in [0, 0.1) is 11.7 Å². The van der Waals surface area contributed by atoms with Crippen LogP contribution in [0.2, 0.25) is 5.15 Å². The fourth-order valence-corrected chi connectivity index (χ4v) is 5.00. The number of hydrogen-bond donors (Lipinski definition) is 1. The van der Waals surface area contributed by atoms with Crippen LogP contribution in [0.25, 0.3) is 0 Å². The van der Waals surface area contributed by atoms with Crippen LogP contribution in [-0.4, -0.2) is 35.7 Å². The summed E-state index contributed by atoms with van der Waals surface area (Å²) < 4.78 is 150. The highest BCUT2D eigenvalue weighted by Crippen LogP contribution is 2.55. The second-order valence-corrected chi connectivity index (χ2v) is 11.1. The van der Waals surface area contributed by atoms with Crippen molar-refractivity contribution in [3.05, 3.63) is 86.4 Å². The number of halogens is 13. The van der Waals surface area contributed by atoms with Crippen molar-refractivity contribution in [1.29, 1.82) is 0 Å². The van der Waals surface area contributed by atoms with Crippen molar-refractivity contribution in [3.63, 3.8) is 0 Å². The van der Waals surface area contributed by atoms with Crippen LogP contribution >= 0.6 is 27.5 Å². The smallest absolute Gasteiger partial charge is 0.320 e. The van der Waals surface area contributed by atoms with Gasteiger partial charge in [-0.25, -0.2) is 13.8 Å². The average molecular weight is 739 g/mol. The molecule has 1 saturated carbocycles. The van der Waals surface area contributed by atoms with E-state index in [0.717, 1.165) is 23.1 Å². The summed E-state index contributed by atoms with van der Waals surface area (Å²) in [6.07, 6.45) is -16.6. The first-order valence-electron chi connectivity index (χ1n) is 12.4. The Morgan fingerprint density at radius 3 is 2.11 bits per heavy atom.